The van der Waals surface area contributed by atoms with Crippen LogP contribution in [0, 0.1) is 0 Å². The van der Waals surface area contributed by atoms with Gasteiger partial charge in [-0.3, -0.25) is 0 Å². The summed E-state index contributed by atoms with van der Waals surface area (Å²) in [6, 6.07) is 5.22. The van der Waals surface area contributed by atoms with Gasteiger partial charge in [0.25, 0.3) is 0 Å². The van der Waals surface area contributed by atoms with Crippen LogP contribution in [-0.4, -0.2) is 43.1 Å². The number of hydrogen-bond donors (Lipinski definition) is 0. The van der Waals surface area contributed by atoms with Gasteiger partial charge >= 0.3 is 5.97 Å². The second kappa shape index (κ2) is 5.25. The van der Waals surface area contributed by atoms with Gasteiger partial charge in [0.15, 0.2) is 11.5 Å². The van der Waals surface area contributed by atoms with Crippen molar-refractivity contribution in [2.75, 3.05) is 27.2 Å². The molecule has 1 fully saturated rings. The van der Waals surface area contributed by atoms with Crippen molar-refractivity contribution in [3.05, 3.63) is 29.7 Å². The summed E-state index contributed by atoms with van der Waals surface area (Å²) in [5, 5.41) is 0. The van der Waals surface area contributed by atoms with Gasteiger partial charge in [-0.15, -0.1) is 0 Å². The molecule has 5 nitrogen and oxygen atoms in total. The first-order valence-electron chi connectivity index (χ1n) is 6.84. The summed E-state index contributed by atoms with van der Waals surface area (Å²) >= 11 is 0. The number of carbonyl (C=O) groups is 1. The normalized spacial score (nSPS) is 17.5. The quantitative estimate of drug-likeness (QED) is 0.787. The monoisotopic (exact) mass is 274 g/mol. The fourth-order valence-electron chi connectivity index (χ4n) is 2.62. The van der Waals surface area contributed by atoms with Crippen LogP contribution >= 0.6 is 0 Å². The van der Waals surface area contributed by atoms with E-state index >= 15 is 0 Å². The highest BCUT2D eigenvalue weighted by Crippen LogP contribution is 2.29. The molecule has 1 aromatic heterocycles. The average molecular weight is 274 g/mol. The molecule has 0 aliphatic carbocycles. The number of rotatable bonds is 2. The van der Waals surface area contributed by atoms with Gasteiger partial charge in [-0.05, 0) is 51.2 Å². The first kappa shape index (κ1) is 13.1. The Morgan fingerprint density at radius 2 is 2.15 bits per heavy atom. The molecule has 5 heteroatoms. The van der Waals surface area contributed by atoms with Gasteiger partial charge in [0, 0.05) is 5.92 Å². The molecule has 2 heterocycles. The fourth-order valence-corrected chi connectivity index (χ4v) is 2.62. The van der Waals surface area contributed by atoms with Crippen LogP contribution in [0.3, 0.4) is 0 Å². The zero-order valence-electron chi connectivity index (χ0n) is 11.8. The Bertz CT molecular complexity index is 627. The number of nitrogens with zero attached hydrogens (tertiary/aromatic N) is 2. The molecule has 0 unspecified atom stereocenters. The number of hydrogen-bond acceptors (Lipinski definition) is 5. The molecular weight excluding hydrogens is 256 g/mol. The van der Waals surface area contributed by atoms with Crippen molar-refractivity contribution in [1.82, 2.24) is 9.88 Å². The number of aromatic nitrogens is 1. The van der Waals surface area contributed by atoms with Crippen molar-refractivity contribution in [1.29, 1.82) is 0 Å². The Hall–Kier alpha value is -1.88. The maximum atomic E-state index is 11.5. The number of esters is 1. The number of piperidine rings is 1. The zero-order chi connectivity index (χ0) is 14.1. The van der Waals surface area contributed by atoms with Gasteiger partial charge in [0.2, 0.25) is 0 Å². The number of oxazole rings is 1. The number of carbonyl (C=O) groups excluding carboxylic acids is 1. The predicted molar refractivity (Wildman–Crippen MR) is 74.8 cm³/mol. The Balaban J connectivity index is 1.88. The van der Waals surface area contributed by atoms with E-state index in [1.54, 1.807) is 18.2 Å². The van der Waals surface area contributed by atoms with E-state index in [1.165, 1.54) is 7.11 Å². The minimum absolute atomic E-state index is 0.351. The number of fused-ring (bicyclic) bond motifs is 1. The summed E-state index contributed by atoms with van der Waals surface area (Å²) in [7, 11) is 3.50. The highest BCUT2D eigenvalue weighted by molar-refractivity contribution is 5.93. The second-order valence-corrected chi connectivity index (χ2v) is 5.30. The molecule has 0 spiro atoms. The Morgan fingerprint density at radius 3 is 2.85 bits per heavy atom. The lowest BCUT2D eigenvalue weighted by Gasteiger charge is -2.26. The van der Waals surface area contributed by atoms with Gasteiger partial charge in [0.1, 0.15) is 5.52 Å². The molecule has 0 radical (unpaired) electrons. The van der Waals surface area contributed by atoms with Crippen LogP contribution in [0.1, 0.15) is 35.0 Å². The summed E-state index contributed by atoms with van der Waals surface area (Å²) in [4.78, 5) is 18.4. The molecule has 3 rings (SSSR count). The number of ether oxygens (including phenoxy) is 1. The maximum absolute atomic E-state index is 11.5. The summed E-state index contributed by atoms with van der Waals surface area (Å²) < 4.78 is 10.5. The lowest BCUT2D eigenvalue weighted by atomic mass is 9.97. The molecule has 0 atom stereocenters. The molecule has 0 amide bonds. The van der Waals surface area contributed by atoms with Crippen molar-refractivity contribution < 1.29 is 13.9 Å². The molecule has 1 aromatic carbocycles. The SMILES string of the molecule is COC(=O)c1ccc2oc(C3CCN(C)CC3)nc2c1. The third kappa shape index (κ3) is 2.41. The standard InChI is InChI=1S/C15H18N2O3/c1-17-7-5-10(6-8-17)14-16-12-9-11(15(18)19-2)3-4-13(12)20-14/h3-4,9-10H,5-8H2,1-2H3. The first-order valence-corrected chi connectivity index (χ1v) is 6.84. The van der Waals surface area contributed by atoms with E-state index in [9.17, 15) is 4.79 Å². The fraction of sp³-hybridized carbons (Fsp3) is 0.467. The number of methoxy groups -OCH3 is 1. The van der Waals surface area contributed by atoms with E-state index in [4.69, 9.17) is 9.15 Å². The van der Waals surface area contributed by atoms with Crippen LogP contribution < -0.4 is 0 Å². The van der Waals surface area contributed by atoms with E-state index in [0.717, 1.165) is 42.9 Å². The molecule has 0 N–H and O–H groups in total. The van der Waals surface area contributed by atoms with Gasteiger partial charge in [-0.2, -0.15) is 0 Å². The van der Waals surface area contributed by atoms with E-state index < -0.39 is 0 Å². The summed E-state index contributed by atoms with van der Waals surface area (Å²) in [5.74, 6) is 0.811. The molecule has 2 aromatic rings. The molecule has 20 heavy (non-hydrogen) atoms. The van der Waals surface area contributed by atoms with Gasteiger partial charge in [-0.1, -0.05) is 0 Å². The molecule has 1 aliphatic heterocycles. The average Bonchev–Trinajstić information content (AvgIpc) is 2.90. The highest BCUT2D eigenvalue weighted by Gasteiger charge is 2.23. The molecule has 1 aliphatic rings. The van der Waals surface area contributed by atoms with E-state index in [1.807, 2.05) is 0 Å². The van der Waals surface area contributed by atoms with Crippen LogP contribution in [0.4, 0.5) is 0 Å². The van der Waals surface area contributed by atoms with Crippen molar-refractivity contribution in [3.63, 3.8) is 0 Å². The van der Waals surface area contributed by atoms with Crippen molar-refractivity contribution >= 4 is 17.1 Å². The highest BCUT2D eigenvalue weighted by atomic mass is 16.5. The molecule has 106 valence electrons. The first-order chi connectivity index (χ1) is 9.67. The van der Waals surface area contributed by atoms with E-state index in [2.05, 4.69) is 16.9 Å². The minimum Gasteiger partial charge on any atom is -0.465 e. The van der Waals surface area contributed by atoms with Crippen LogP contribution in [0.25, 0.3) is 11.1 Å². The minimum atomic E-state index is -0.351. The molecular formula is C15H18N2O3. The summed E-state index contributed by atoms with van der Waals surface area (Å²) in [6.45, 7) is 2.13. The lowest BCUT2D eigenvalue weighted by Crippen LogP contribution is -2.29. The molecule has 0 bridgehead atoms. The number of likely N-dealkylation sites (tertiary alicyclic amines) is 1. The van der Waals surface area contributed by atoms with Gasteiger partial charge in [0.05, 0.1) is 12.7 Å². The predicted octanol–water partition coefficient (Wildman–Crippen LogP) is 2.42. The van der Waals surface area contributed by atoms with Crippen molar-refractivity contribution in [2.24, 2.45) is 0 Å². The van der Waals surface area contributed by atoms with E-state index in [-0.39, 0.29) is 5.97 Å². The van der Waals surface area contributed by atoms with Crippen LogP contribution in [0.5, 0.6) is 0 Å². The maximum Gasteiger partial charge on any atom is 0.337 e. The van der Waals surface area contributed by atoms with Crippen molar-refractivity contribution in [3.8, 4) is 0 Å². The summed E-state index contributed by atoms with van der Waals surface area (Å²) in [5.41, 5.74) is 1.96. The van der Waals surface area contributed by atoms with Crippen molar-refractivity contribution in [2.45, 2.75) is 18.8 Å². The van der Waals surface area contributed by atoms with Crippen LogP contribution in [-0.2, 0) is 4.74 Å². The second-order valence-electron chi connectivity index (χ2n) is 5.30. The zero-order valence-corrected chi connectivity index (χ0v) is 11.8. The Labute approximate surface area is 117 Å². The Morgan fingerprint density at radius 1 is 1.40 bits per heavy atom. The Kier molecular flexibility index (Phi) is 3.44. The van der Waals surface area contributed by atoms with Gasteiger partial charge < -0.3 is 14.1 Å². The topological polar surface area (TPSA) is 55.6 Å². The molecule has 1 saturated heterocycles. The smallest absolute Gasteiger partial charge is 0.337 e. The third-order valence-corrected chi connectivity index (χ3v) is 3.89. The van der Waals surface area contributed by atoms with E-state index in [0.29, 0.717) is 11.5 Å². The number of benzene rings is 1. The van der Waals surface area contributed by atoms with Gasteiger partial charge in [-0.25, -0.2) is 9.78 Å². The van der Waals surface area contributed by atoms with Crippen LogP contribution in [0.15, 0.2) is 22.6 Å². The molecule has 0 saturated carbocycles. The lowest BCUT2D eigenvalue weighted by molar-refractivity contribution is 0.0601. The van der Waals surface area contributed by atoms with Crippen LogP contribution in [0.2, 0.25) is 0 Å². The largest absolute Gasteiger partial charge is 0.465 e. The third-order valence-electron chi connectivity index (χ3n) is 3.89. The summed E-state index contributed by atoms with van der Waals surface area (Å²) in [6.07, 6.45) is 2.13.